The van der Waals surface area contributed by atoms with Crippen molar-refractivity contribution in [3.8, 4) is 0 Å². The lowest BCUT2D eigenvalue weighted by Gasteiger charge is -2.20. The van der Waals surface area contributed by atoms with Gasteiger partial charge in [0.15, 0.2) is 0 Å². The number of carbonyl (C=O) groups is 2. The van der Waals surface area contributed by atoms with Crippen LogP contribution < -0.4 is 16.0 Å². The van der Waals surface area contributed by atoms with Gasteiger partial charge in [-0.15, -0.1) is 12.4 Å². The molecule has 22 heavy (non-hydrogen) atoms. The van der Waals surface area contributed by atoms with Gasteiger partial charge >= 0.3 is 0 Å². The maximum absolute atomic E-state index is 12.0. The van der Waals surface area contributed by atoms with Crippen molar-refractivity contribution in [2.45, 2.75) is 45.8 Å². The molecule has 0 spiro atoms. The minimum Gasteiger partial charge on any atom is -0.352 e. The highest BCUT2D eigenvalue weighted by molar-refractivity contribution is 5.94. The van der Waals surface area contributed by atoms with Gasteiger partial charge in [0.25, 0.3) is 5.91 Å². The fourth-order valence-electron chi connectivity index (χ4n) is 2.31. The van der Waals surface area contributed by atoms with Crippen molar-refractivity contribution < 1.29 is 9.59 Å². The highest BCUT2D eigenvalue weighted by atomic mass is 35.5. The second kappa shape index (κ2) is 7.61. The van der Waals surface area contributed by atoms with Crippen molar-refractivity contribution in [1.29, 1.82) is 0 Å². The van der Waals surface area contributed by atoms with Crippen LogP contribution in [-0.4, -0.2) is 23.9 Å². The van der Waals surface area contributed by atoms with E-state index < -0.39 is 0 Å². The minimum absolute atomic E-state index is 0. The second-order valence-corrected chi connectivity index (χ2v) is 6.39. The van der Waals surface area contributed by atoms with E-state index in [0.717, 1.165) is 13.1 Å². The van der Waals surface area contributed by atoms with Gasteiger partial charge < -0.3 is 16.0 Å². The van der Waals surface area contributed by atoms with E-state index >= 15 is 0 Å². The van der Waals surface area contributed by atoms with Gasteiger partial charge in [-0.3, -0.25) is 9.59 Å². The first-order valence-corrected chi connectivity index (χ1v) is 7.27. The summed E-state index contributed by atoms with van der Waals surface area (Å²) in [7, 11) is 0. The Kier molecular flexibility index (Phi) is 6.38. The minimum atomic E-state index is -0.242. The van der Waals surface area contributed by atoms with Crippen molar-refractivity contribution in [2.75, 3.05) is 6.54 Å². The third-order valence-electron chi connectivity index (χ3n) is 3.25. The number of rotatable bonds is 4. The Balaban J connectivity index is 0.00000242. The van der Waals surface area contributed by atoms with Gasteiger partial charge in [0.2, 0.25) is 5.91 Å². The molecule has 1 aromatic carbocycles. The zero-order valence-corrected chi connectivity index (χ0v) is 14.1. The van der Waals surface area contributed by atoms with Crippen LogP contribution in [0.25, 0.3) is 0 Å². The van der Waals surface area contributed by atoms with Gasteiger partial charge in [-0.1, -0.05) is 6.07 Å². The highest BCUT2D eigenvalue weighted by Gasteiger charge is 2.15. The van der Waals surface area contributed by atoms with E-state index in [1.54, 1.807) is 0 Å². The number of amides is 2. The average Bonchev–Trinajstić information content (AvgIpc) is 2.83. The van der Waals surface area contributed by atoms with Crippen molar-refractivity contribution in [1.82, 2.24) is 16.0 Å². The van der Waals surface area contributed by atoms with E-state index in [2.05, 4.69) is 16.0 Å². The molecule has 0 aliphatic carbocycles. The van der Waals surface area contributed by atoms with Crippen LogP contribution in [0.1, 0.15) is 48.7 Å². The highest BCUT2D eigenvalue weighted by Crippen LogP contribution is 2.16. The fourth-order valence-corrected chi connectivity index (χ4v) is 2.31. The Hall–Kier alpha value is -1.59. The average molecular weight is 326 g/mol. The zero-order valence-electron chi connectivity index (χ0n) is 13.3. The van der Waals surface area contributed by atoms with Crippen LogP contribution in [0.2, 0.25) is 0 Å². The summed E-state index contributed by atoms with van der Waals surface area (Å²) >= 11 is 0. The van der Waals surface area contributed by atoms with Crippen molar-refractivity contribution in [3.05, 3.63) is 34.9 Å². The Morgan fingerprint density at radius 3 is 2.55 bits per heavy atom. The molecule has 122 valence electrons. The van der Waals surface area contributed by atoms with Crippen LogP contribution in [0.3, 0.4) is 0 Å². The predicted octanol–water partition coefficient (Wildman–Crippen LogP) is 1.75. The maximum atomic E-state index is 12.0. The Morgan fingerprint density at radius 2 is 1.86 bits per heavy atom. The molecule has 0 unspecified atom stereocenters. The van der Waals surface area contributed by atoms with Gasteiger partial charge in [0.05, 0.1) is 0 Å². The lowest BCUT2D eigenvalue weighted by atomic mass is 10.1. The molecular formula is C16H24ClN3O2. The number of benzene rings is 1. The predicted molar refractivity (Wildman–Crippen MR) is 89.1 cm³/mol. The fraction of sp³-hybridized carbons (Fsp3) is 0.500. The van der Waals surface area contributed by atoms with Gasteiger partial charge in [-0.25, -0.2) is 0 Å². The summed E-state index contributed by atoms with van der Waals surface area (Å²) in [6, 6.07) is 5.73. The molecule has 0 radical (unpaired) electrons. The number of carbonyl (C=O) groups excluding carboxylic acids is 2. The molecule has 1 aromatic rings. The summed E-state index contributed by atoms with van der Waals surface area (Å²) < 4.78 is 0. The normalized spacial score (nSPS) is 13.0. The summed E-state index contributed by atoms with van der Waals surface area (Å²) in [6.07, 6.45) is 0.287. The van der Waals surface area contributed by atoms with E-state index in [1.807, 2.05) is 39.0 Å². The summed E-state index contributed by atoms with van der Waals surface area (Å²) in [4.78, 5) is 23.7. The summed E-state index contributed by atoms with van der Waals surface area (Å²) in [6.45, 7) is 7.82. The maximum Gasteiger partial charge on any atom is 0.251 e. The number of hydrogen-bond donors (Lipinski definition) is 3. The number of halogens is 1. The van der Waals surface area contributed by atoms with E-state index in [1.165, 1.54) is 11.1 Å². The smallest absolute Gasteiger partial charge is 0.251 e. The van der Waals surface area contributed by atoms with Gasteiger partial charge in [0, 0.05) is 37.2 Å². The topological polar surface area (TPSA) is 70.2 Å². The molecule has 0 atom stereocenters. The Morgan fingerprint density at radius 1 is 1.18 bits per heavy atom. The van der Waals surface area contributed by atoms with Crippen molar-refractivity contribution >= 4 is 24.2 Å². The molecule has 1 heterocycles. The second-order valence-electron chi connectivity index (χ2n) is 6.39. The third kappa shape index (κ3) is 5.31. The zero-order chi connectivity index (χ0) is 15.5. The lowest BCUT2D eigenvalue weighted by molar-refractivity contribution is -0.122. The largest absolute Gasteiger partial charge is 0.352 e. The van der Waals surface area contributed by atoms with E-state index in [-0.39, 0.29) is 36.2 Å². The first kappa shape index (κ1) is 18.5. The Labute approximate surface area is 137 Å². The summed E-state index contributed by atoms with van der Waals surface area (Å²) in [5.74, 6) is -0.186. The van der Waals surface area contributed by atoms with Gasteiger partial charge in [-0.05, 0) is 44.0 Å². The van der Waals surface area contributed by atoms with Crippen molar-refractivity contribution in [3.63, 3.8) is 0 Å². The molecule has 6 heteroatoms. The first-order valence-electron chi connectivity index (χ1n) is 7.27. The molecule has 2 rings (SSSR count). The first-order chi connectivity index (χ1) is 9.85. The summed E-state index contributed by atoms with van der Waals surface area (Å²) in [5, 5.41) is 8.90. The van der Waals surface area contributed by atoms with Crippen molar-refractivity contribution in [2.24, 2.45) is 0 Å². The molecule has 0 fully saturated rings. The number of hydrogen-bond acceptors (Lipinski definition) is 3. The Bertz CT molecular complexity index is 553. The monoisotopic (exact) mass is 325 g/mol. The lowest BCUT2D eigenvalue weighted by Crippen LogP contribution is -2.42. The quantitative estimate of drug-likeness (QED) is 0.790. The molecule has 0 saturated carbocycles. The molecule has 0 saturated heterocycles. The molecule has 3 N–H and O–H groups in total. The number of fused-ring (bicyclic) bond motifs is 1. The SMILES string of the molecule is CC(C)(C)NC(=O)CCNC(=O)c1ccc2c(c1)CNC2.Cl. The standard InChI is InChI=1S/C16H23N3O2.ClH/c1-16(2,3)19-14(20)6-7-18-15(21)11-4-5-12-9-17-10-13(12)8-11;/h4-5,8,17H,6-7,9-10H2,1-3H3,(H,18,21)(H,19,20);1H. The molecular weight excluding hydrogens is 302 g/mol. The van der Waals surface area contributed by atoms with Crippen LogP contribution in [0.4, 0.5) is 0 Å². The third-order valence-corrected chi connectivity index (χ3v) is 3.25. The molecule has 5 nitrogen and oxygen atoms in total. The molecule has 2 amide bonds. The van der Waals surface area contributed by atoms with Crippen LogP contribution in [0.15, 0.2) is 18.2 Å². The molecule has 0 bridgehead atoms. The number of nitrogens with one attached hydrogen (secondary N) is 3. The van der Waals surface area contributed by atoms with E-state index in [4.69, 9.17) is 0 Å². The van der Waals surface area contributed by atoms with E-state index in [0.29, 0.717) is 12.1 Å². The van der Waals surface area contributed by atoms with E-state index in [9.17, 15) is 9.59 Å². The van der Waals surface area contributed by atoms with Crippen LogP contribution in [0, 0.1) is 0 Å². The molecule has 1 aliphatic heterocycles. The molecule has 0 aromatic heterocycles. The summed E-state index contributed by atoms with van der Waals surface area (Å²) in [5.41, 5.74) is 2.83. The van der Waals surface area contributed by atoms with Crippen LogP contribution in [-0.2, 0) is 17.9 Å². The van der Waals surface area contributed by atoms with Gasteiger partial charge in [0.1, 0.15) is 0 Å². The van der Waals surface area contributed by atoms with Gasteiger partial charge in [-0.2, -0.15) is 0 Å². The van der Waals surface area contributed by atoms with Crippen LogP contribution >= 0.6 is 12.4 Å². The van der Waals surface area contributed by atoms with Crippen LogP contribution in [0.5, 0.6) is 0 Å². The molecule has 1 aliphatic rings.